The maximum atomic E-state index is 13.7. The Labute approximate surface area is 198 Å². The summed E-state index contributed by atoms with van der Waals surface area (Å²) >= 11 is 0. The summed E-state index contributed by atoms with van der Waals surface area (Å²) in [6.45, 7) is 5.26. The van der Waals surface area contributed by atoms with E-state index in [9.17, 15) is 14.4 Å². The molecule has 3 amide bonds. The van der Waals surface area contributed by atoms with Gasteiger partial charge in [-0.3, -0.25) is 14.4 Å². The third kappa shape index (κ3) is 4.28. The highest BCUT2D eigenvalue weighted by atomic mass is 16.5. The highest BCUT2D eigenvalue weighted by Crippen LogP contribution is 2.36. The number of methoxy groups -OCH3 is 1. The van der Waals surface area contributed by atoms with Crippen LogP contribution in [-0.2, 0) is 14.4 Å². The molecule has 0 atom stereocenters. The van der Waals surface area contributed by atoms with Crippen LogP contribution in [0.2, 0.25) is 0 Å². The fourth-order valence-corrected chi connectivity index (χ4v) is 3.85. The highest BCUT2D eigenvalue weighted by Gasteiger charge is 2.41. The molecule has 0 spiro atoms. The Balaban J connectivity index is 1.80. The summed E-state index contributed by atoms with van der Waals surface area (Å²) in [4.78, 5) is 39.8. The first-order valence-corrected chi connectivity index (χ1v) is 10.8. The van der Waals surface area contributed by atoms with E-state index in [0.29, 0.717) is 28.4 Å². The molecular weight excluding hydrogens is 430 g/mol. The summed E-state index contributed by atoms with van der Waals surface area (Å²) in [7, 11) is 1.58. The van der Waals surface area contributed by atoms with E-state index < -0.39 is 11.8 Å². The van der Waals surface area contributed by atoms with Gasteiger partial charge in [0.15, 0.2) is 0 Å². The van der Waals surface area contributed by atoms with Gasteiger partial charge in [0.25, 0.3) is 11.8 Å². The van der Waals surface area contributed by atoms with Crippen molar-refractivity contribution in [3.8, 4) is 5.75 Å². The van der Waals surface area contributed by atoms with Crippen molar-refractivity contribution in [3.05, 3.63) is 89.1 Å². The molecule has 0 unspecified atom stereocenters. The van der Waals surface area contributed by atoms with Gasteiger partial charge in [0.05, 0.1) is 18.4 Å². The number of rotatable bonds is 6. The molecule has 3 aromatic carbocycles. The molecule has 1 heterocycles. The number of anilines is 3. The Morgan fingerprint density at radius 1 is 0.853 bits per heavy atom. The van der Waals surface area contributed by atoms with Crippen LogP contribution < -0.4 is 20.3 Å². The molecular formula is C27H25N3O4. The third-order valence-corrected chi connectivity index (χ3v) is 5.75. The van der Waals surface area contributed by atoms with E-state index in [4.69, 9.17) is 4.74 Å². The summed E-state index contributed by atoms with van der Waals surface area (Å²) in [5, 5.41) is 5.85. The molecule has 34 heavy (non-hydrogen) atoms. The van der Waals surface area contributed by atoms with Crippen molar-refractivity contribution in [1.82, 2.24) is 0 Å². The van der Waals surface area contributed by atoms with E-state index in [2.05, 4.69) is 10.6 Å². The smallest absolute Gasteiger partial charge is 0.282 e. The largest absolute Gasteiger partial charge is 0.497 e. The number of aryl methyl sites for hydroxylation is 1. The molecule has 0 saturated carbocycles. The van der Waals surface area contributed by atoms with Gasteiger partial charge in [-0.1, -0.05) is 24.3 Å². The first kappa shape index (κ1) is 22.8. The van der Waals surface area contributed by atoms with Crippen LogP contribution in [0.25, 0.3) is 5.57 Å². The quantitative estimate of drug-likeness (QED) is 0.528. The Bertz CT molecular complexity index is 1310. The van der Waals surface area contributed by atoms with Crippen molar-refractivity contribution in [2.24, 2.45) is 0 Å². The van der Waals surface area contributed by atoms with Crippen LogP contribution in [0.5, 0.6) is 5.75 Å². The van der Waals surface area contributed by atoms with Gasteiger partial charge in [-0.2, -0.15) is 0 Å². The minimum absolute atomic E-state index is 0.184. The number of nitrogens with zero attached hydrogens (tertiary/aromatic N) is 1. The SMILES string of the molecule is COc1ccc(NC2=C(c3ccc(NC(C)=O)cc3)C(=O)N(c3cccc(C)c3C)C2=O)cc1. The minimum atomic E-state index is -0.435. The first-order chi connectivity index (χ1) is 16.3. The zero-order valence-electron chi connectivity index (χ0n) is 19.4. The molecule has 7 heteroatoms. The molecule has 0 radical (unpaired) electrons. The Morgan fingerprint density at radius 2 is 1.50 bits per heavy atom. The lowest BCUT2D eigenvalue weighted by molar-refractivity contribution is -0.120. The van der Waals surface area contributed by atoms with Gasteiger partial charge in [0, 0.05) is 18.3 Å². The summed E-state index contributed by atoms with van der Waals surface area (Å²) in [5.41, 5.74) is 4.65. The molecule has 4 rings (SSSR count). The van der Waals surface area contributed by atoms with Crippen LogP contribution in [0.4, 0.5) is 17.1 Å². The fraction of sp³-hybridized carbons (Fsp3) is 0.148. The maximum Gasteiger partial charge on any atom is 0.282 e. The minimum Gasteiger partial charge on any atom is -0.497 e. The first-order valence-electron chi connectivity index (χ1n) is 10.8. The predicted molar refractivity (Wildman–Crippen MR) is 133 cm³/mol. The monoisotopic (exact) mass is 455 g/mol. The fourth-order valence-electron chi connectivity index (χ4n) is 3.85. The number of ether oxygens (including phenoxy) is 1. The van der Waals surface area contributed by atoms with Crippen molar-refractivity contribution >= 4 is 40.4 Å². The number of carbonyl (C=O) groups excluding carboxylic acids is 3. The van der Waals surface area contributed by atoms with Gasteiger partial charge in [-0.05, 0) is 73.0 Å². The van der Waals surface area contributed by atoms with Crippen molar-refractivity contribution in [2.75, 3.05) is 22.6 Å². The molecule has 1 aliphatic heterocycles. The van der Waals surface area contributed by atoms with Gasteiger partial charge < -0.3 is 15.4 Å². The highest BCUT2D eigenvalue weighted by molar-refractivity contribution is 6.46. The van der Waals surface area contributed by atoms with E-state index in [1.165, 1.54) is 11.8 Å². The second-order valence-corrected chi connectivity index (χ2v) is 8.03. The second-order valence-electron chi connectivity index (χ2n) is 8.03. The average molecular weight is 456 g/mol. The topological polar surface area (TPSA) is 87.7 Å². The Morgan fingerprint density at radius 3 is 2.12 bits per heavy atom. The third-order valence-electron chi connectivity index (χ3n) is 5.75. The lowest BCUT2D eigenvalue weighted by Crippen LogP contribution is -2.33. The predicted octanol–water partition coefficient (Wildman–Crippen LogP) is 4.67. The Hall–Kier alpha value is -4.39. The summed E-state index contributed by atoms with van der Waals surface area (Å²) in [5.74, 6) is -0.362. The van der Waals surface area contributed by atoms with Crippen LogP contribution in [-0.4, -0.2) is 24.8 Å². The van der Waals surface area contributed by atoms with Gasteiger partial charge in [-0.15, -0.1) is 0 Å². The second kappa shape index (κ2) is 9.23. The van der Waals surface area contributed by atoms with Gasteiger partial charge >= 0.3 is 0 Å². The molecule has 0 aliphatic carbocycles. The van der Waals surface area contributed by atoms with Crippen molar-refractivity contribution in [2.45, 2.75) is 20.8 Å². The van der Waals surface area contributed by atoms with E-state index in [1.807, 2.05) is 26.0 Å². The molecule has 0 aromatic heterocycles. The normalized spacial score (nSPS) is 13.4. The van der Waals surface area contributed by atoms with Crippen LogP contribution in [0, 0.1) is 13.8 Å². The van der Waals surface area contributed by atoms with E-state index in [-0.39, 0.29) is 17.2 Å². The summed E-state index contributed by atoms with van der Waals surface area (Å²) in [6, 6.07) is 19.5. The summed E-state index contributed by atoms with van der Waals surface area (Å²) < 4.78 is 5.21. The number of nitrogens with one attached hydrogen (secondary N) is 2. The lowest BCUT2D eigenvalue weighted by Gasteiger charge is -2.19. The number of amides is 3. The number of carbonyl (C=O) groups is 3. The summed E-state index contributed by atoms with van der Waals surface area (Å²) in [6.07, 6.45) is 0. The molecule has 172 valence electrons. The van der Waals surface area contributed by atoms with E-state index >= 15 is 0 Å². The average Bonchev–Trinajstić information content (AvgIpc) is 3.06. The zero-order chi connectivity index (χ0) is 24.4. The number of benzene rings is 3. The molecule has 0 fully saturated rings. The lowest BCUT2D eigenvalue weighted by atomic mass is 10.0. The van der Waals surface area contributed by atoms with Crippen LogP contribution in [0.1, 0.15) is 23.6 Å². The standard InChI is InChI=1S/C27H25N3O4/c1-16-6-5-7-23(17(16)2)30-26(32)24(19-8-10-20(11-9-19)28-18(3)31)25(27(30)33)29-21-12-14-22(34-4)15-13-21/h5-15,29H,1-4H3,(H,28,31). The molecule has 2 N–H and O–H groups in total. The van der Waals surface area contributed by atoms with Crippen molar-refractivity contribution < 1.29 is 19.1 Å². The van der Waals surface area contributed by atoms with Crippen LogP contribution >= 0.6 is 0 Å². The van der Waals surface area contributed by atoms with E-state index in [0.717, 1.165) is 11.1 Å². The van der Waals surface area contributed by atoms with Gasteiger partial charge in [0.1, 0.15) is 11.4 Å². The number of imide groups is 1. The molecule has 7 nitrogen and oxygen atoms in total. The molecule has 0 bridgehead atoms. The number of hydrogen-bond acceptors (Lipinski definition) is 5. The van der Waals surface area contributed by atoms with Crippen molar-refractivity contribution in [3.63, 3.8) is 0 Å². The molecule has 0 saturated heterocycles. The van der Waals surface area contributed by atoms with Gasteiger partial charge in [0.2, 0.25) is 5.91 Å². The molecule has 3 aromatic rings. The van der Waals surface area contributed by atoms with Gasteiger partial charge in [-0.25, -0.2) is 4.90 Å². The number of hydrogen-bond donors (Lipinski definition) is 2. The zero-order valence-corrected chi connectivity index (χ0v) is 19.4. The van der Waals surface area contributed by atoms with E-state index in [1.54, 1.807) is 61.7 Å². The van der Waals surface area contributed by atoms with Crippen molar-refractivity contribution in [1.29, 1.82) is 0 Å². The Kier molecular flexibility index (Phi) is 6.19. The molecule has 1 aliphatic rings. The van der Waals surface area contributed by atoms with Crippen LogP contribution in [0.15, 0.2) is 72.4 Å². The maximum absolute atomic E-state index is 13.7. The van der Waals surface area contributed by atoms with Crippen LogP contribution in [0.3, 0.4) is 0 Å².